The molecule has 0 radical (unpaired) electrons. The predicted octanol–water partition coefficient (Wildman–Crippen LogP) is 6.58. The summed E-state index contributed by atoms with van der Waals surface area (Å²) in [5, 5.41) is 3.89. The molecule has 3 heteroatoms. The lowest BCUT2D eigenvalue weighted by molar-refractivity contribution is -0.118. The number of rotatable bonds is 9. The van der Waals surface area contributed by atoms with Crippen molar-refractivity contribution in [3.63, 3.8) is 0 Å². The van der Waals surface area contributed by atoms with Gasteiger partial charge in [0.2, 0.25) is 0 Å². The van der Waals surface area contributed by atoms with Gasteiger partial charge in [-0.2, -0.15) is 0 Å². The van der Waals surface area contributed by atoms with Crippen LogP contribution in [0, 0.1) is 0 Å². The van der Waals surface area contributed by atoms with E-state index in [1.54, 1.807) is 6.07 Å². The summed E-state index contributed by atoms with van der Waals surface area (Å²) in [7, 11) is 0. The Kier molecular flexibility index (Phi) is 6.32. The topological polar surface area (TPSA) is 51.2 Å². The second-order valence-corrected chi connectivity index (χ2v) is 7.82. The van der Waals surface area contributed by atoms with Gasteiger partial charge in [0.25, 0.3) is 0 Å². The number of unbranched alkanes of at least 4 members (excludes halogenated alkanes) is 1. The summed E-state index contributed by atoms with van der Waals surface area (Å²) < 4.78 is 0. The molecule has 0 aliphatic rings. The molecule has 0 bridgehead atoms. The van der Waals surface area contributed by atoms with Gasteiger partial charge in [-0.15, -0.1) is 0 Å². The molecule has 154 valence electrons. The van der Waals surface area contributed by atoms with Crippen molar-refractivity contribution in [3.8, 4) is 0 Å². The second kappa shape index (κ2) is 9.48. The Labute approximate surface area is 181 Å². The Balaban J connectivity index is 1.29. The van der Waals surface area contributed by atoms with Gasteiger partial charge in [-0.1, -0.05) is 84.9 Å². The van der Waals surface area contributed by atoms with E-state index < -0.39 is 0 Å². The van der Waals surface area contributed by atoms with E-state index in [4.69, 9.17) is 0 Å². The zero-order valence-corrected chi connectivity index (χ0v) is 17.3. The minimum atomic E-state index is -0.145. The van der Waals surface area contributed by atoms with Crippen LogP contribution in [0.25, 0.3) is 21.5 Å². The monoisotopic (exact) mass is 408 g/mol. The predicted molar refractivity (Wildman–Crippen MR) is 125 cm³/mol. The van der Waals surface area contributed by atoms with Gasteiger partial charge in [0.05, 0.1) is 6.42 Å². The number of ketones is 3. The number of benzene rings is 4. The number of hydrogen-bond donors (Lipinski definition) is 0. The molecule has 0 saturated heterocycles. The summed E-state index contributed by atoms with van der Waals surface area (Å²) in [6, 6.07) is 26.9. The van der Waals surface area contributed by atoms with Crippen molar-refractivity contribution in [1.82, 2.24) is 0 Å². The van der Waals surface area contributed by atoms with Gasteiger partial charge in [-0.25, -0.2) is 0 Å². The molecule has 0 fully saturated rings. The molecule has 31 heavy (non-hydrogen) atoms. The van der Waals surface area contributed by atoms with Crippen molar-refractivity contribution in [2.24, 2.45) is 0 Å². The molecule has 0 unspecified atom stereocenters. The first-order chi connectivity index (χ1) is 15.1. The summed E-state index contributed by atoms with van der Waals surface area (Å²) >= 11 is 0. The van der Waals surface area contributed by atoms with Crippen LogP contribution < -0.4 is 0 Å². The Bertz CT molecular complexity index is 1260. The van der Waals surface area contributed by atoms with Crippen molar-refractivity contribution in [3.05, 3.63) is 96.1 Å². The SMILES string of the molecule is O=C(CCCCC(=O)c1cccc2ccccc12)CC(=O)c1cccc2ccccc12. The van der Waals surface area contributed by atoms with Gasteiger partial charge >= 0.3 is 0 Å². The molecule has 0 aliphatic carbocycles. The molecule has 0 atom stereocenters. The van der Waals surface area contributed by atoms with Gasteiger partial charge in [0, 0.05) is 24.0 Å². The van der Waals surface area contributed by atoms with E-state index in [2.05, 4.69) is 0 Å². The van der Waals surface area contributed by atoms with Crippen LogP contribution in [0.15, 0.2) is 84.9 Å². The van der Waals surface area contributed by atoms with Crippen LogP contribution in [0.2, 0.25) is 0 Å². The first-order valence-electron chi connectivity index (χ1n) is 10.7. The van der Waals surface area contributed by atoms with Crippen LogP contribution in [-0.2, 0) is 4.79 Å². The highest BCUT2D eigenvalue weighted by Gasteiger charge is 2.15. The second-order valence-electron chi connectivity index (χ2n) is 7.82. The average molecular weight is 408 g/mol. The van der Waals surface area contributed by atoms with E-state index in [0.29, 0.717) is 31.2 Å². The Morgan fingerprint density at radius 2 is 1.00 bits per heavy atom. The van der Waals surface area contributed by atoms with Crippen LogP contribution >= 0.6 is 0 Å². The molecule has 4 rings (SSSR count). The highest BCUT2D eigenvalue weighted by Crippen LogP contribution is 2.22. The molecule has 0 amide bonds. The number of fused-ring (bicyclic) bond motifs is 2. The maximum atomic E-state index is 12.7. The zero-order valence-electron chi connectivity index (χ0n) is 17.3. The first kappa shape index (κ1) is 20.7. The summed E-state index contributed by atoms with van der Waals surface area (Å²) in [6.07, 6.45) is 1.87. The van der Waals surface area contributed by atoms with Crippen molar-refractivity contribution in [2.75, 3.05) is 0 Å². The van der Waals surface area contributed by atoms with Crippen LogP contribution in [-0.4, -0.2) is 17.3 Å². The van der Waals surface area contributed by atoms with Crippen LogP contribution in [0.5, 0.6) is 0 Å². The highest BCUT2D eigenvalue weighted by molar-refractivity contribution is 6.14. The van der Waals surface area contributed by atoms with Crippen LogP contribution in [0.1, 0.15) is 52.8 Å². The van der Waals surface area contributed by atoms with Gasteiger partial charge in [-0.3, -0.25) is 14.4 Å². The van der Waals surface area contributed by atoms with E-state index in [1.807, 2.05) is 78.9 Å². The third kappa shape index (κ3) is 4.77. The molecule has 0 spiro atoms. The van der Waals surface area contributed by atoms with E-state index >= 15 is 0 Å². The van der Waals surface area contributed by atoms with E-state index in [-0.39, 0.29) is 23.8 Å². The fourth-order valence-electron chi connectivity index (χ4n) is 4.04. The fourth-order valence-corrected chi connectivity index (χ4v) is 4.04. The maximum Gasteiger partial charge on any atom is 0.170 e. The summed E-state index contributed by atoms with van der Waals surface area (Å²) in [6.45, 7) is 0. The van der Waals surface area contributed by atoms with Crippen molar-refractivity contribution in [2.45, 2.75) is 32.1 Å². The van der Waals surface area contributed by atoms with E-state index in [9.17, 15) is 14.4 Å². The average Bonchev–Trinajstić information content (AvgIpc) is 2.81. The minimum absolute atomic E-state index is 0.0736. The summed E-state index contributed by atoms with van der Waals surface area (Å²) in [5.41, 5.74) is 1.33. The Hall–Kier alpha value is -3.59. The maximum absolute atomic E-state index is 12.7. The highest BCUT2D eigenvalue weighted by atomic mass is 16.1. The van der Waals surface area contributed by atoms with Crippen molar-refractivity contribution >= 4 is 38.9 Å². The number of carbonyl (C=O) groups is 3. The third-order valence-corrected chi connectivity index (χ3v) is 5.65. The van der Waals surface area contributed by atoms with E-state index in [1.165, 1.54) is 0 Å². The molecule has 3 nitrogen and oxygen atoms in total. The Morgan fingerprint density at radius 3 is 1.61 bits per heavy atom. The molecule has 4 aromatic carbocycles. The third-order valence-electron chi connectivity index (χ3n) is 5.65. The summed E-state index contributed by atoms with van der Waals surface area (Å²) in [5.74, 6) is -0.125. The molecule has 0 N–H and O–H groups in total. The lowest BCUT2D eigenvalue weighted by Gasteiger charge is -2.07. The molecule has 0 aromatic heterocycles. The first-order valence-corrected chi connectivity index (χ1v) is 10.7. The molecule has 0 heterocycles. The van der Waals surface area contributed by atoms with Gasteiger partial charge < -0.3 is 0 Å². The van der Waals surface area contributed by atoms with Gasteiger partial charge in [0.15, 0.2) is 11.6 Å². The number of carbonyl (C=O) groups excluding carboxylic acids is 3. The van der Waals surface area contributed by atoms with Crippen LogP contribution in [0.4, 0.5) is 0 Å². The van der Waals surface area contributed by atoms with Crippen molar-refractivity contribution in [1.29, 1.82) is 0 Å². The largest absolute Gasteiger partial charge is 0.299 e. The minimum Gasteiger partial charge on any atom is -0.299 e. The quantitative estimate of drug-likeness (QED) is 0.179. The van der Waals surface area contributed by atoms with E-state index in [0.717, 1.165) is 27.1 Å². The number of Topliss-reactive ketones (excluding diaryl/α,β-unsaturated/α-hetero) is 3. The smallest absolute Gasteiger partial charge is 0.170 e. The lowest BCUT2D eigenvalue weighted by atomic mass is 9.96. The molecular weight excluding hydrogens is 384 g/mol. The zero-order chi connectivity index (χ0) is 21.6. The Morgan fingerprint density at radius 1 is 0.516 bits per heavy atom. The molecule has 4 aromatic rings. The fraction of sp³-hybridized carbons (Fsp3) is 0.179. The summed E-state index contributed by atoms with van der Waals surface area (Å²) in [4.78, 5) is 37.6. The molecule has 0 aliphatic heterocycles. The molecular formula is C28H24O3. The number of hydrogen-bond acceptors (Lipinski definition) is 3. The van der Waals surface area contributed by atoms with Gasteiger partial charge in [-0.05, 0) is 34.4 Å². The molecule has 0 saturated carbocycles. The van der Waals surface area contributed by atoms with Crippen molar-refractivity contribution < 1.29 is 14.4 Å². The van der Waals surface area contributed by atoms with Crippen LogP contribution in [0.3, 0.4) is 0 Å². The van der Waals surface area contributed by atoms with Gasteiger partial charge in [0.1, 0.15) is 5.78 Å². The standard InChI is InChI=1S/C28H24O3/c29-22(19-28(31)26-17-8-12-21-10-2-5-15-24(21)26)13-3-6-18-27(30)25-16-7-11-20-9-1-4-14-23(20)25/h1-2,4-5,7-12,14-17H,3,6,13,18-19H2. The lowest BCUT2D eigenvalue weighted by Crippen LogP contribution is -2.09. The normalized spacial score (nSPS) is 11.0.